The average Bonchev–Trinajstić information content (AvgIpc) is 3.86. The largest absolute Gasteiger partial charge is 0.0839 e. The molecule has 6 aliphatic rings. The Labute approximate surface area is 261 Å². The standard InChI is InChI=1S/C44H38/c1-2-10-37-29-39(37)28-36(9-1)32-17-21-40(22-18-32)44(41-23-19-33(20-24-41)38-14-13-30-25-31(26-30)27-38)42-11-5-3-7-34(42)15-16-35-8-4-6-12-43(35)44/h1,3-9,11-14,17-25,27-28,31,37,39H,2,10,15-16,26,29H2/b9-1-,36-28+. The second kappa shape index (κ2) is 10.3. The third-order valence-corrected chi connectivity index (χ3v) is 11.0. The molecule has 3 unspecified atom stereocenters. The van der Waals surface area contributed by atoms with Crippen molar-refractivity contribution in [2.45, 2.75) is 43.9 Å². The number of hydrogen-bond donors (Lipinski definition) is 0. The lowest BCUT2D eigenvalue weighted by Gasteiger charge is -2.38. The van der Waals surface area contributed by atoms with Gasteiger partial charge in [0, 0.05) is 5.92 Å². The molecule has 10 rings (SSSR count). The van der Waals surface area contributed by atoms with Crippen LogP contribution in [0.4, 0.5) is 0 Å². The highest BCUT2D eigenvalue weighted by atomic mass is 14.4. The first kappa shape index (κ1) is 26.0. The minimum absolute atomic E-state index is 0.396. The third kappa shape index (κ3) is 4.27. The van der Waals surface area contributed by atoms with Gasteiger partial charge < -0.3 is 0 Å². The molecule has 214 valence electrons. The van der Waals surface area contributed by atoms with Gasteiger partial charge in [-0.05, 0) is 106 Å². The van der Waals surface area contributed by atoms with Crippen LogP contribution in [0, 0.1) is 17.8 Å². The molecule has 2 bridgehead atoms. The molecule has 0 aliphatic heterocycles. The van der Waals surface area contributed by atoms with E-state index in [1.54, 1.807) is 0 Å². The van der Waals surface area contributed by atoms with Crippen molar-refractivity contribution in [1.82, 2.24) is 0 Å². The van der Waals surface area contributed by atoms with E-state index < -0.39 is 5.41 Å². The summed E-state index contributed by atoms with van der Waals surface area (Å²) in [6, 6.07) is 37.6. The molecule has 0 aromatic heterocycles. The highest BCUT2D eigenvalue weighted by molar-refractivity contribution is 5.78. The molecule has 0 heterocycles. The molecule has 4 aromatic carbocycles. The molecule has 1 fully saturated rings. The summed E-state index contributed by atoms with van der Waals surface area (Å²) in [6.07, 6.45) is 23.9. The van der Waals surface area contributed by atoms with Crippen molar-refractivity contribution >= 4 is 11.1 Å². The van der Waals surface area contributed by atoms with Crippen molar-refractivity contribution in [2.75, 3.05) is 0 Å². The lowest BCUT2D eigenvalue weighted by Crippen LogP contribution is -2.32. The number of hydrogen-bond acceptors (Lipinski definition) is 0. The van der Waals surface area contributed by atoms with E-state index in [0.717, 1.165) is 24.7 Å². The molecular formula is C44H38. The van der Waals surface area contributed by atoms with Crippen LogP contribution in [-0.2, 0) is 18.3 Å². The quantitative estimate of drug-likeness (QED) is 0.230. The van der Waals surface area contributed by atoms with Crippen LogP contribution in [0.25, 0.3) is 11.1 Å². The summed E-state index contributed by atoms with van der Waals surface area (Å²) in [7, 11) is 0. The molecule has 4 aromatic rings. The van der Waals surface area contributed by atoms with Crippen molar-refractivity contribution in [3.8, 4) is 0 Å². The summed E-state index contributed by atoms with van der Waals surface area (Å²) in [5.74, 6) is 2.24. The van der Waals surface area contributed by atoms with E-state index in [1.807, 2.05) is 0 Å². The normalized spacial score (nSPS) is 25.9. The van der Waals surface area contributed by atoms with Crippen molar-refractivity contribution in [3.05, 3.63) is 190 Å². The number of benzene rings is 4. The summed E-state index contributed by atoms with van der Waals surface area (Å²) in [5, 5.41) is 0. The highest BCUT2D eigenvalue weighted by Gasteiger charge is 2.42. The Morgan fingerprint density at radius 1 is 0.568 bits per heavy atom. The monoisotopic (exact) mass is 566 g/mol. The molecule has 3 atom stereocenters. The predicted molar refractivity (Wildman–Crippen MR) is 183 cm³/mol. The summed E-state index contributed by atoms with van der Waals surface area (Å²) in [6.45, 7) is 0. The van der Waals surface area contributed by atoms with Gasteiger partial charge in [0.2, 0.25) is 0 Å². The van der Waals surface area contributed by atoms with Gasteiger partial charge in [-0.15, -0.1) is 0 Å². The second-order valence-corrected chi connectivity index (χ2v) is 13.5. The maximum absolute atomic E-state index is 2.54. The van der Waals surface area contributed by atoms with Gasteiger partial charge in [0.05, 0.1) is 5.41 Å². The maximum Gasteiger partial charge on any atom is 0.0706 e. The van der Waals surface area contributed by atoms with E-state index in [2.05, 4.69) is 140 Å². The minimum atomic E-state index is -0.396. The van der Waals surface area contributed by atoms with Crippen LogP contribution in [0.3, 0.4) is 0 Å². The fourth-order valence-corrected chi connectivity index (χ4v) is 8.46. The van der Waals surface area contributed by atoms with Crippen LogP contribution in [0.1, 0.15) is 70.2 Å². The number of rotatable bonds is 4. The molecule has 0 heteroatoms. The molecule has 44 heavy (non-hydrogen) atoms. The fourth-order valence-electron chi connectivity index (χ4n) is 8.46. The van der Waals surface area contributed by atoms with E-state index in [1.165, 1.54) is 86.9 Å². The summed E-state index contributed by atoms with van der Waals surface area (Å²) < 4.78 is 0. The second-order valence-electron chi connectivity index (χ2n) is 13.5. The Hall–Kier alpha value is -4.42. The summed E-state index contributed by atoms with van der Waals surface area (Å²) in [4.78, 5) is 0. The number of fused-ring (bicyclic) bond motifs is 4. The Balaban J connectivity index is 1.23. The van der Waals surface area contributed by atoms with Crippen molar-refractivity contribution in [3.63, 3.8) is 0 Å². The van der Waals surface area contributed by atoms with Crippen molar-refractivity contribution < 1.29 is 0 Å². The van der Waals surface area contributed by atoms with Gasteiger partial charge in [0.1, 0.15) is 0 Å². The molecule has 0 amide bonds. The first-order valence-electron chi connectivity index (χ1n) is 16.6. The topological polar surface area (TPSA) is 0 Å². The van der Waals surface area contributed by atoms with Crippen LogP contribution < -0.4 is 0 Å². The summed E-state index contributed by atoms with van der Waals surface area (Å²) >= 11 is 0. The smallest absolute Gasteiger partial charge is 0.0706 e. The molecule has 0 radical (unpaired) electrons. The van der Waals surface area contributed by atoms with Crippen LogP contribution in [0.2, 0.25) is 0 Å². The van der Waals surface area contributed by atoms with Gasteiger partial charge in [-0.25, -0.2) is 0 Å². The number of allylic oxidation sites excluding steroid dienone is 10. The van der Waals surface area contributed by atoms with Gasteiger partial charge >= 0.3 is 0 Å². The Morgan fingerprint density at radius 3 is 1.80 bits per heavy atom. The van der Waals surface area contributed by atoms with E-state index in [4.69, 9.17) is 0 Å². The van der Waals surface area contributed by atoms with Crippen LogP contribution in [0.5, 0.6) is 0 Å². The zero-order valence-electron chi connectivity index (χ0n) is 25.3. The van der Waals surface area contributed by atoms with Crippen molar-refractivity contribution in [1.29, 1.82) is 0 Å². The number of aryl methyl sites for hydroxylation is 2. The SMILES string of the molecule is C1=CC(c2ccc(C3(c4ccc(C5=C/C6CC6CC/C=C\5)cc4)c4ccccc4CCc4ccccc43)cc2)=CC2C=C1C2. The Bertz CT molecular complexity index is 1860. The third-order valence-electron chi connectivity index (χ3n) is 11.0. The summed E-state index contributed by atoms with van der Waals surface area (Å²) in [5.41, 5.74) is 14.8. The molecular weight excluding hydrogens is 528 g/mol. The van der Waals surface area contributed by atoms with E-state index in [-0.39, 0.29) is 0 Å². The maximum atomic E-state index is 2.54. The lowest BCUT2D eigenvalue weighted by atomic mass is 9.63. The first-order valence-corrected chi connectivity index (χ1v) is 16.6. The molecule has 0 spiro atoms. The van der Waals surface area contributed by atoms with Gasteiger partial charge in [0.25, 0.3) is 0 Å². The fraction of sp³-hybridized carbons (Fsp3) is 0.227. The lowest BCUT2D eigenvalue weighted by molar-refractivity contribution is 0.706. The molecule has 0 saturated heterocycles. The zero-order valence-corrected chi connectivity index (χ0v) is 25.3. The Morgan fingerprint density at radius 2 is 1.16 bits per heavy atom. The predicted octanol–water partition coefficient (Wildman–Crippen LogP) is 10.4. The average molecular weight is 567 g/mol. The van der Waals surface area contributed by atoms with Crippen LogP contribution >= 0.6 is 0 Å². The van der Waals surface area contributed by atoms with Crippen LogP contribution in [0.15, 0.2) is 145 Å². The highest BCUT2D eigenvalue weighted by Crippen LogP contribution is 2.50. The van der Waals surface area contributed by atoms with Gasteiger partial charge in [-0.3, -0.25) is 0 Å². The van der Waals surface area contributed by atoms with Gasteiger partial charge in [-0.1, -0.05) is 145 Å². The Kier molecular flexibility index (Phi) is 6.12. The van der Waals surface area contributed by atoms with E-state index >= 15 is 0 Å². The first-order chi connectivity index (χ1) is 21.8. The molecule has 1 saturated carbocycles. The molecule has 0 N–H and O–H groups in total. The van der Waals surface area contributed by atoms with Gasteiger partial charge in [0.15, 0.2) is 0 Å². The zero-order chi connectivity index (χ0) is 29.1. The van der Waals surface area contributed by atoms with Crippen molar-refractivity contribution in [2.24, 2.45) is 17.8 Å². The minimum Gasteiger partial charge on any atom is -0.0839 e. The van der Waals surface area contributed by atoms with Crippen LogP contribution in [-0.4, -0.2) is 0 Å². The van der Waals surface area contributed by atoms with Gasteiger partial charge in [-0.2, -0.15) is 0 Å². The molecule has 0 nitrogen and oxygen atoms in total. The van der Waals surface area contributed by atoms with E-state index in [9.17, 15) is 0 Å². The van der Waals surface area contributed by atoms with E-state index in [0.29, 0.717) is 5.92 Å². The molecule has 6 aliphatic carbocycles.